The molecule has 3 N–H and O–H groups in total. The molecule has 8 heteroatoms. The average Bonchev–Trinajstić information content (AvgIpc) is 2.50. The van der Waals surface area contributed by atoms with Crippen molar-refractivity contribution in [3.63, 3.8) is 0 Å². The van der Waals surface area contributed by atoms with E-state index in [1.807, 2.05) is 24.3 Å². The van der Waals surface area contributed by atoms with Crippen molar-refractivity contribution in [2.24, 2.45) is 0 Å². The molecular formula is C18H28N6OS. The van der Waals surface area contributed by atoms with Crippen LogP contribution >= 0.6 is 11.9 Å². The van der Waals surface area contributed by atoms with Crippen molar-refractivity contribution < 1.29 is 4.74 Å². The predicted octanol–water partition coefficient (Wildman–Crippen LogP) is 4.42. The van der Waals surface area contributed by atoms with E-state index in [0.717, 1.165) is 10.6 Å². The van der Waals surface area contributed by atoms with Gasteiger partial charge in [0.05, 0.1) is 7.11 Å². The summed E-state index contributed by atoms with van der Waals surface area (Å²) in [4.78, 5) is 14.4. The molecule has 2 aromatic rings. The van der Waals surface area contributed by atoms with Gasteiger partial charge in [-0.25, -0.2) is 0 Å². The molecule has 0 aliphatic rings. The van der Waals surface area contributed by atoms with Gasteiger partial charge in [0.25, 0.3) is 0 Å². The molecule has 1 aromatic carbocycles. The first-order chi connectivity index (χ1) is 12.0. The number of ether oxygens (including phenoxy) is 1. The highest BCUT2D eigenvalue weighted by molar-refractivity contribution is 8.00. The molecule has 0 radical (unpaired) electrons. The lowest BCUT2D eigenvalue weighted by molar-refractivity contribution is 0.414. The monoisotopic (exact) mass is 376 g/mol. The quantitative estimate of drug-likeness (QED) is 0.639. The normalized spacial score (nSPS) is 11.8. The van der Waals surface area contributed by atoms with E-state index < -0.39 is 0 Å². The Labute approximate surface area is 159 Å². The molecule has 0 atom stereocenters. The van der Waals surface area contributed by atoms with Gasteiger partial charge in [0, 0.05) is 16.0 Å². The van der Waals surface area contributed by atoms with E-state index in [4.69, 9.17) is 4.74 Å². The standard InChI is InChI=1S/C18H28N6OS/c1-17(2,3)22-14-19-15(23-18(4,5)6)21-16(20-14)24-26-13-10-8-12(25-7)9-11-13/h8-11H,1-7H3,(H3,19,20,21,22,23,24). The zero-order valence-corrected chi connectivity index (χ0v) is 17.3. The number of hydrogen-bond donors (Lipinski definition) is 3. The Hall–Kier alpha value is -2.22. The van der Waals surface area contributed by atoms with Crippen LogP contribution < -0.4 is 20.1 Å². The second-order valence-corrected chi connectivity index (χ2v) is 8.82. The molecule has 2 rings (SSSR count). The third-order valence-corrected chi connectivity index (χ3v) is 3.72. The van der Waals surface area contributed by atoms with E-state index in [9.17, 15) is 0 Å². The highest BCUT2D eigenvalue weighted by atomic mass is 32.2. The topological polar surface area (TPSA) is 84.0 Å². The Kier molecular flexibility index (Phi) is 6.17. The molecule has 0 amide bonds. The summed E-state index contributed by atoms with van der Waals surface area (Å²) in [7, 11) is 1.65. The lowest BCUT2D eigenvalue weighted by Crippen LogP contribution is -2.30. The minimum absolute atomic E-state index is 0.152. The number of nitrogens with one attached hydrogen (secondary N) is 3. The fourth-order valence-electron chi connectivity index (χ4n) is 1.95. The summed E-state index contributed by atoms with van der Waals surface area (Å²) in [6, 6.07) is 7.77. The van der Waals surface area contributed by atoms with Crippen LogP contribution in [0.3, 0.4) is 0 Å². The predicted molar refractivity (Wildman–Crippen MR) is 109 cm³/mol. The molecule has 7 nitrogen and oxygen atoms in total. The van der Waals surface area contributed by atoms with Gasteiger partial charge in [-0.15, -0.1) is 0 Å². The van der Waals surface area contributed by atoms with Crippen LogP contribution in [-0.2, 0) is 0 Å². The first kappa shape index (κ1) is 20.1. The highest BCUT2D eigenvalue weighted by Gasteiger charge is 2.17. The van der Waals surface area contributed by atoms with Crippen LogP contribution in [-0.4, -0.2) is 33.1 Å². The van der Waals surface area contributed by atoms with E-state index in [-0.39, 0.29) is 11.1 Å². The van der Waals surface area contributed by atoms with Crippen LogP contribution in [0.15, 0.2) is 29.2 Å². The van der Waals surface area contributed by atoms with E-state index in [0.29, 0.717) is 17.8 Å². The molecule has 0 spiro atoms. The van der Waals surface area contributed by atoms with Gasteiger partial charge >= 0.3 is 0 Å². The van der Waals surface area contributed by atoms with Gasteiger partial charge in [-0.2, -0.15) is 15.0 Å². The molecule has 0 aliphatic heterocycles. The molecule has 0 saturated carbocycles. The van der Waals surface area contributed by atoms with Crippen molar-refractivity contribution in [3.8, 4) is 5.75 Å². The van der Waals surface area contributed by atoms with E-state index in [2.05, 4.69) is 71.9 Å². The van der Waals surface area contributed by atoms with Gasteiger partial charge in [-0.05, 0) is 77.8 Å². The summed E-state index contributed by atoms with van der Waals surface area (Å²) < 4.78 is 8.36. The number of hydrogen-bond acceptors (Lipinski definition) is 8. The molecule has 0 fully saturated rings. The average molecular weight is 377 g/mol. The number of rotatable bonds is 6. The minimum Gasteiger partial charge on any atom is -0.497 e. The van der Waals surface area contributed by atoms with Gasteiger partial charge in [0.1, 0.15) is 5.75 Å². The highest BCUT2D eigenvalue weighted by Crippen LogP contribution is 2.23. The van der Waals surface area contributed by atoms with Crippen molar-refractivity contribution in [2.75, 3.05) is 22.5 Å². The molecule has 1 aromatic heterocycles. The van der Waals surface area contributed by atoms with Crippen molar-refractivity contribution in [3.05, 3.63) is 24.3 Å². The van der Waals surface area contributed by atoms with Gasteiger partial charge in [-0.1, -0.05) is 0 Å². The van der Waals surface area contributed by atoms with Gasteiger partial charge in [0.2, 0.25) is 17.8 Å². The maximum atomic E-state index is 5.18. The summed E-state index contributed by atoms with van der Waals surface area (Å²) in [6.07, 6.45) is 0. The first-order valence-corrected chi connectivity index (χ1v) is 9.25. The van der Waals surface area contributed by atoms with Crippen molar-refractivity contribution in [1.82, 2.24) is 15.0 Å². The maximum absolute atomic E-state index is 5.18. The summed E-state index contributed by atoms with van der Waals surface area (Å²) in [5.74, 6) is 2.36. The summed E-state index contributed by atoms with van der Waals surface area (Å²) in [5.41, 5.74) is -0.304. The lowest BCUT2D eigenvalue weighted by atomic mass is 10.1. The number of methoxy groups -OCH3 is 1. The molecule has 0 unspecified atom stereocenters. The van der Waals surface area contributed by atoms with Crippen LogP contribution in [0.2, 0.25) is 0 Å². The fourth-order valence-corrected chi connectivity index (χ4v) is 2.53. The molecular weight excluding hydrogens is 348 g/mol. The largest absolute Gasteiger partial charge is 0.497 e. The van der Waals surface area contributed by atoms with E-state index in [1.165, 1.54) is 11.9 Å². The summed E-state index contributed by atoms with van der Waals surface area (Å²) in [6.45, 7) is 12.4. The van der Waals surface area contributed by atoms with Crippen LogP contribution in [0, 0.1) is 0 Å². The number of nitrogens with zero attached hydrogens (tertiary/aromatic N) is 3. The molecule has 1 heterocycles. The molecule has 0 saturated heterocycles. The second-order valence-electron chi connectivity index (χ2n) is 7.94. The Balaban J connectivity index is 2.18. The fraction of sp³-hybridized carbons (Fsp3) is 0.500. The molecule has 142 valence electrons. The molecule has 26 heavy (non-hydrogen) atoms. The first-order valence-electron chi connectivity index (χ1n) is 8.43. The third kappa shape index (κ3) is 6.95. The molecule has 0 bridgehead atoms. The Bertz CT molecular complexity index is 688. The maximum Gasteiger partial charge on any atom is 0.239 e. The zero-order chi connectivity index (χ0) is 19.4. The number of benzene rings is 1. The van der Waals surface area contributed by atoms with Gasteiger partial charge in [-0.3, -0.25) is 4.72 Å². The van der Waals surface area contributed by atoms with Gasteiger partial charge in [0.15, 0.2) is 0 Å². The smallest absolute Gasteiger partial charge is 0.239 e. The third-order valence-electron chi connectivity index (χ3n) is 2.93. The van der Waals surface area contributed by atoms with Crippen LogP contribution in [0.1, 0.15) is 41.5 Å². The van der Waals surface area contributed by atoms with Crippen LogP contribution in [0.4, 0.5) is 17.8 Å². The van der Waals surface area contributed by atoms with E-state index >= 15 is 0 Å². The Morgan fingerprint density at radius 3 is 1.65 bits per heavy atom. The Morgan fingerprint density at radius 1 is 0.769 bits per heavy atom. The van der Waals surface area contributed by atoms with Gasteiger partial charge < -0.3 is 15.4 Å². The van der Waals surface area contributed by atoms with Crippen LogP contribution in [0.25, 0.3) is 0 Å². The number of aromatic nitrogens is 3. The van der Waals surface area contributed by atoms with Crippen molar-refractivity contribution in [1.29, 1.82) is 0 Å². The van der Waals surface area contributed by atoms with Crippen molar-refractivity contribution >= 4 is 29.8 Å². The van der Waals surface area contributed by atoms with Crippen LogP contribution in [0.5, 0.6) is 5.75 Å². The summed E-state index contributed by atoms with van der Waals surface area (Å²) >= 11 is 1.43. The second kappa shape index (κ2) is 7.99. The Morgan fingerprint density at radius 2 is 1.23 bits per heavy atom. The lowest BCUT2D eigenvalue weighted by Gasteiger charge is -2.23. The molecule has 0 aliphatic carbocycles. The van der Waals surface area contributed by atoms with Crippen molar-refractivity contribution in [2.45, 2.75) is 57.5 Å². The summed E-state index contributed by atoms with van der Waals surface area (Å²) in [5, 5.41) is 6.59. The SMILES string of the molecule is COc1ccc(SNc2nc(NC(C)(C)C)nc(NC(C)(C)C)n2)cc1. The number of anilines is 3. The van der Waals surface area contributed by atoms with E-state index in [1.54, 1.807) is 7.11 Å². The minimum atomic E-state index is -0.152. The zero-order valence-electron chi connectivity index (χ0n) is 16.5.